The summed E-state index contributed by atoms with van der Waals surface area (Å²) in [6, 6.07) is 9.64. The van der Waals surface area contributed by atoms with Gasteiger partial charge in [-0.2, -0.15) is 0 Å². The van der Waals surface area contributed by atoms with Crippen molar-refractivity contribution in [2.75, 3.05) is 19.7 Å². The summed E-state index contributed by atoms with van der Waals surface area (Å²) in [5.74, 6) is 0.286. The molecule has 0 spiro atoms. The highest BCUT2D eigenvalue weighted by atomic mass is 16.3. The normalized spacial score (nSPS) is 24.8. The molecular weight excluding hydrogens is 264 g/mol. The maximum Gasteiger partial charge on any atom is 0.228 e. The zero-order valence-corrected chi connectivity index (χ0v) is 13.1. The highest BCUT2D eigenvalue weighted by Crippen LogP contribution is 2.35. The molecule has 1 fully saturated rings. The minimum atomic E-state index is -0.747. The third kappa shape index (κ3) is 2.97. The number of hydrogen-bond donors (Lipinski definition) is 3. The fourth-order valence-electron chi connectivity index (χ4n) is 3.04. The van der Waals surface area contributed by atoms with E-state index in [0.717, 1.165) is 18.5 Å². The molecule has 1 aliphatic heterocycles. The standard InChI is InChI=1S/C17H26N2O2/c1-13(2)17(9-10-18-11-17)15(21)19-16(3,12-20)14-7-5-4-6-8-14/h4-8,13,18,20H,9-12H2,1-3H3,(H,19,21). The SMILES string of the molecule is CC(C)C1(C(=O)NC(C)(CO)c2ccccc2)CCNC1. The van der Waals surface area contributed by atoms with E-state index in [1.165, 1.54) is 0 Å². The van der Waals surface area contributed by atoms with Crippen LogP contribution in [0.15, 0.2) is 30.3 Å². The van der Waals surface area contributed by atoms with Crippen LogP contribution in [0.4, 0.5) is 0 Å². The Morgan fingerprint density at radius 1 is 1.43 bits per heavy atom. The first kappa shape index (κ1) is 16.0. The van der Waals surface area contributed by atoms with Crippen molar-refractivity contribution in [2.24, 2.45) is 11.3 Å². The van der Waals surface area contributed by atoms with Crippen molar-refractivity contribution in [2.45, 2.75) is 32.7 Å². The van der Waals surface area contributed by atoms with Gasteiger partial charge in [-0.25, -0.2) is 0 Å². The van der Waals surface area contributed by atoms with E-state index in [1.807, 2.05) is 37.3 Å². The topological polar surface area (TPSA) is 61.4 Å². The van der Waals surface area contributed by atoms with E-state index in [-0.39, 0.29) is 23.8 Å². The van der Waals surface area contributed by atoms with Crippen LogP contribution < -0.4 is 10.6 Å². The predicted molar refractivity (Wildman–Crippen MR) is 83.8 cm³/mol. The number of carbonyl (C=O) groups excluding carboxylic acids is 1. The minimum absolute atomic E-state index is 0.0305. The van der Waals surface area contributed by atoms with E-state index in [1.54, 1.807) is 0 Å². The quantitative estimate of drug-likeness (QED) is 0.772. The summed E-state index contributed by atoms with van der Waals surface area (Å²) in [5.41, 5.74) is -0.209. The molecule has 21 heavy (non-hydrogen) atoms. The number of rotatable bonds is 5. The van der Waals surface area contributed by atoms with E-state index in [4.69, 9.17) is 0 Å². The Kier molecular flexibility index (Phi) is 4.69. The lowest BCUT2D eigenvalue weighted by Crippen LogP contribution is -2.54. The Morgan fingerprint density at radius 3 is 2.57 bits per heavy atom. The summed E-state index contributed by atoms with van der Waals surface area (Å²) in [6.07, 6.45) is 0.840. The summed E-state index contributed by atoms with van der Waals surface area (Å²) in [5, 5.41) is 16.2. The van der Waals surface area contributed by atoms with Gasteiger partial charge in [0.25, 0.3) is 0 Å². The molecule has 1 aromatic carbocycles. The first-order valence-electron chi connectivity index (χ1n) is 7.64. The van der Waals surface area contributed by atoms with Gasteiger partial charge in [-0.3, -0.25) is 4.79 Å². The zero-order chi connectivity index (χ0) is 15.5. The highest BCUT2D eigenvalue weighted by Gasteiger charge is 2.46. The second-order valence-corrected chi connectivity index (χ2v) is 6.55. The number of aliphatic hydroxyl groups is 1. The van der Waals surface area contributed by atoms with E-state index in [0.29, 0.717) is 6.54 Å². The summed E-state index contributed by atoms with van der Waals surface area (Å²) in [7, 11) is 0. The monoisotopic (exact) mass is 290 g/mol. The molecule has 0 aliphatic carbocycles. The van der Waals surface area contributed by atoms with Gasteiger partial charge in [0.1, 0.15) is 0 Å². The van der Waals surface area contributed by atoms with Crippen LogP contribution >= 0.6 is 0 Å². The van der Waals surface area contributed by atoms with Gasteiger partial charge in [0.15, 0.2) is 0 Å². The molecule has 1 heterocycles. The number of hydrogen-bond acceptors (Lipinski definition) is 3. The van der Waals surface area contributed by atoms with Crippen LogP contribution in [0.3, 0.4) is 0 Å². The van der Waals surface area contributed by atoms with Crippen molar-refractivity contribution in [1.29, 1.82) is 0 Å². The number of carbonyl (C=O) groups is 1. The smallest absolute Gasteiger partial charge is 0.228 e. The third-order valence-electron chi connectivity index (χ3n) is 4.86. The average molecular weight is 290 g/mol. The van der Waals surface area contributed by atoms with Crippen molar-refractivity contribution < 1.29 is 9.90 Å². The molecule has 2 rings (SSSR count). The zero-order valence-electron chi connectivity index (χ0n) is 13.1. The number of benzene rings is 1. The maximum atomic E-state index is 12.9. The highest BCUT2D eigenvalue weighted by molar-refractivity contribution is 5.84. The summed E-state index contributed by atoms with van der Waals surface area (Å²) in [6.45, 7) is 7.50. The van der Waals surface area contributed by atoms with E-state index in [2.05, 4.69) is 24.5 Å². The van der Waals surface area contributed by atoms with Crippen LogP contribution in [0.25, 0.3) is 0 Å². The van der Waals surface area contributed by atoms with Crippen LogP contribution in [0, 0.1) is 11.3 Å². The Bertz CT molecular complexity index is 481. The predicted octanol–water partition coefficient (Wildman–Crippen LogP) is 1.65. The molecule has 3 N–H and O–H groups in total. The molecule has 4 heteroatoms. The Hall–Kier alpha value is -1.39. The molecule has 4 nitrogen and oxygen atoms in total. The van der Waals surface area contributed by atoms with Crippen LogP contribution in [0.1, 0.15) is 32.8 Å². The maximum absolute atomic E-state index is 12.9. The fourth-order valence-corrected chi connectivity index (χ4v) is 3.04. The molecule has 1 aliphatic rings. The molecule has 116 valence electrons. The van der Waals surface area contributed by atoms with Crippen LogP contribution in [0.2, 0.25) is 0 Å². The molecule has 0 saturated carbocycles. The Labute approximate surface area is 126 Å². The van der Waals surface area contributed by atoms with Gasteiger partial charge in [-0.15, -0.1) is 0 Å². The first-order chi connectivity index (χ1) is 9.94. The van der Waals surface area contributed by atoms with E-state index < -0.39 is 5.54 Å². The van der Waals surface area contributed by atoms with Gasteiger partial charge in [0, 0.05) is 6.54 Å². The van der Waals surface area contributed by atoms with Gasteiger partial charge < -0.3 is 15.7 Å². The molecule has 1 aromatic rings. The van der Waals surface area contributed by atoms with Crippen molar-refractivity contribution in [3.8, 4) is 0 Å². The lowest BCUT2D eigenvalue weighted by Gasteiger charge is -2.37. The van der Waals surface area contributed by atoms with Gasteiger partial charge >= 0.3 is 0 Å². The molecule has 1 saturated heterocycles. The number of amides is 1. The first-order valence-corrected chi connectivity index (χ1v) is 7.64. The van der Waals surface area contributed by atoms with E-state index in [9.17, 15) is 9.90 Å². The number of aliphatic hydroxyl groups excluding tert-OH is 1. The van der Waals surface area contributed by atoms with Crippen molar-refractivity contribution in [3.05, 3.63) is 35.9 Å². The van der Waals surface area contributed by atoms with Crippen molar-refractivity contribution in [1.82, 2.24) is 10.6 Å². The second-order valence-electron chi connectivity index (χ2n) is 6.55. The molecule has 0 aromatic heterocycles. The molecular formula is C17H26N2O2. The number of nitrogens with one attached hydrogen (secondary N) is 2. The van der Waals surface area contributed by atoms with Crippen LogP contribution in [-0.2, 0) is 10.3 Å². The average Bonchev–Trinajstić information content (AvgIpc) is 2.99. The van der Waals surface area contributed by atoms with Gasteiger partial charge in [0.05, 0.1) is 17.6 Å². The van der Waals surface area contributed by atoms with Crippen LogP contribution in [-0.4, -0.2) is 30.7 Å². The Balaban J connectivity index is 2.24. The third-order valence-corrected chi connectivity index (χ3v) is 4.86. The summed E-state index contributed by atoms with van der Waals surface area (Å²) in [4.78, 5) is 12.9. The van der Waals surface area contributed by atoms with Gasteiger partial charge in [-0.05, 0) is 31.4 Å². The Morgan fingerprint density at radius 2 is 2.10 bits per heavy atom. The second kappa shape index (κ2) is 6.16. The summed E-state index contributed by atoms with van der Waals surface area (Å²) < 4.78 is 0. The molecule has 2 unspecified atom stereocenters. The largest absolute Gasteiger partial charge is 0.394 e. The van der Waals surface area contributed by atoms with Crippen molar-refractivity contribution >= 4 is 5.91 Å². The minimum Gasteiger partial charge on any atom is -0.394 e. The summed E-state index contributed by atoms with van der Waals surface area (Å²) >= 11 is 0. The van der Waals surface area contributed by atoms with Gasteiger partial charge in [-0.1, -0.05) is 44.2 Å². The lowest BCUT2D eigenvalue weighted by molar-refractivity contribution is -0.135. The molecule has 1 amide bonds. The lowest BCUT2D eigenvalue weighted by atomic mass is 9.75. The van der Waals surface area contributed by atoms with E-state index >= 15 is 0 Å². The molecule has 0 bridgehead atoms. The van der Waals surface area contributed by atoms with Crippen LogP contribution in [0.5, 0.6) is 0 Å². The van der Waals surface area contributed by atoms with Gasteiger partial charge in [0.2, 0.25) is 5.91 Å². The fraction of sp³-hybridized carbons (Fsp3) is 0.588. The van der Waals surface area contributed by atoms with Crippen molar-refractivity contribution in [3.63, 3.8) is 0 Å². The molecule has 2 atom stereocenters. The molecule has 0 radical (unpaired) electrons.